The van der Waals surface area contributed by atoms with Crippen LogP contribution in [0.2, 0.25) is 0 Å². The van der Waals surface area contributed by atoms with E-state index in [0.717, 1.165) is 23.1 Å². The number of aryl methyl sites for hydroxylation is 2. The molecule has 1 amide bonds. The molecule has 0 radical (unpaired) electrons. The summed E-state index contributed by atoms with van der Waals surface area (Å²) in [5, 5.41) is 0. The minimum Gasteiger partial charge on any atom is -0.497 e. The van der Waals surface area contributed by atoms with E-state index < -0.39 is 0 Å². The van der Waals surface area contributed by atoms with Crippen molar-refractivity contribution in [1.29, 1.82) is 0 Å². The van der Waals surface area contributed by atoms with Crippen molar-refractivity contribution in [3.63, 3.8) is 0 Å². The number of hydrogen-bond donors (Lipinski definition) is 0. The van der Waals surface area contributed by atoms with Crippen LogP contribution in [-0.2, 0) is 16.1 Å². The van der Waals surface area contributed by atoms with Gasteiger partial charge in [-0.25, -0.2) is 0 Å². The predicted molar refractivity (Wildman–Crippen MR) is 107 cm³/mol. The second kappa shape index (κ2) is 7.46. The molecule has 0 saturated heterocycles. The van der Waals surface area contributed by atoms with Crippen molar-refractivity contribution in [2.75, 3.05) is 12.0 Å². The van der Waals surface area contributed by atoms with E-state index in [4.69, 9.17) is 4.74 Å². The molecule has 0 unspecified atom stereocenters. The average Bonchev–Trinajstić information content (AvgIpc) is 2.74. The number of carbonyl (C=O) groups excluding carboxylic acids is 2. The van der Waals surface area contributed by atoms with Gasteiger partial charge in [-0.3, -0.25) is 9.59 Å². The number of nitrogens with zero attached hydrogens (tertiary/aromatic N) is 1. The summed E-state index contributed by atoms with van der Waals surface area (Å²) in [6, 6.07) is 11.7. The molecule has 1 aliphatic rings. The Balaban J connectivity index is 2.11. The van der Waals surface area contributed by atoms with Crippen LogP contribution in [-0.4, -0.2) is 19.3 Å². The van der Waals surface area contributed by atoms with Crippen LogP contribution in [0.4, 0.5) is 5.69 Å². The number of rotatable bonds is 4. The van der Waals surface area contributed by atoms with E-state index in [-0.39, 0.29) is 12.3 Å². The Morgan fingerprint density at radius 1 is 1.15 bits per heavy atom. The Hall–Kier alpha value is -2.40. The Labute approximate surface area is 161 Å². The van der Waals surface area contributed by atoms with E-state index in [9.17, 15) is 9.59 Å². The first kappa shape index (κ1) is 18.4. The van der Waals surface area contributed by atoms with Crippen molar-refractivity contribution in [2.24, 2.45) is 0 Å². The molecule has 2 aromatic carbocycles. The monoisotopic (exact) mass is 413 g/mol. The molecular weight excluding hydrogens is 394 g/mol. The highest BCUT2D eigenvalue weighted by Crippen LogP contribution is 2.40. The molecule has 4 nitrogen and oxygen atoms in total. The zero-order chi connectivity index (χ0) is 18.8. The first-order chi connectivity index (χ1) is 12.4. The zero-order valence-corrected chi connectivity index (χ0v) is 16.6. The molecule has 0 atom stereocenters. The standard InChI is InChI=1S/C21H20BrNO3/c1-13-4-5-15(8-14(13)2)11-23-19-10-17(26-3)6-7-18(19)21(22)16(12-24)9-20(23)25/h4-8,10,12H,9,11H2,1-3H3. The number of methoxy groups -OCH3 is 1. The maximum absolute atomic E-state index is 12.9. The molecule has 134 valence electrons. The van der Waals surface area contributed by atoms with Gasteiger partial charge >= 0.3 is 0 Å². The summed E-state index contributed by atoms with van der Waals surface area (Å²) in [4.78, 5) is 26.1. The first-order valence-corrected chi connectivity index (χ1v) is 9.12. The lowest BCUT2D eigenvalue weighted by molar-refractivity contribution is -0.118. The lowest BCUT2D eigenvalue weighted by atomic mass is 10.1. The second-order valence-corrected chi connectivity index (χ2v) is 7.21. The molecule has 0 saturated carbocycles. The number of amides is 1. The van der Waals surface area contributed by atoms with Crippen molar-refractivity contribution in [1.82, 2.24) is 0 Å². The van der Waals surface area contributed by atoms with Gasteiger partial charge in [0.2, 0.25) is 5.91 Å². The number of fused-ring (bicyclic) bond motifs is 1. The fourth-order valence-electron chi connectivity index (χ4n) is 3.04. The summed E-state index contributed by atoms with van der Waals surface area (Å²) in [7, 11) is 1.59. The van der Waals surface area contributed by atoms with Gasteiger partial charge in [-0.05, 0) is 58.6 Å². The highest BCUT2D eigenvalue weighted by Gasteiger charge is 2.27. The van der Waals surface area contributed by atoms with E-state index in [1.54, 1.807) is 12.0 Å². The van der Waals surface area contributed by atoms with Gasteiger partial charge in [0.15, 0.2) is 0 Å². The highest BCUT2D eigenvalue weighted by molar-refractivity contribution is 9.15. The average molecular weight is 414 g/mol. The molecule has 0 N–H and O–H groups in total. The van der Waals surface area contributed by atoms with Crippen LogP contribution in [0.3, 0.4) is 0 Å². The van der Waals surface area contributed by atoms with Crippen LogP contribution in [0.25, 0.3) is 4.48 Å². The van der Waals surface area contributed by atoms with Gasteiger partial charge < -0.3 is 9.64 Å². The van der Waals surface area contributed by atoms with E-state index in [2.05, 4.69) is 41.9 Å². The van der Waals surface area contributed by atoms with Crippen molar-refractivity contribution >= 4 is 38.3 Å². The molecule has 1 heterocycles. The van der Waals surface area contributed by atoms with Crippen LogP contribution in [0.5, 0.6) is 5.75 Å². The van der Waals surface area contributed by atoms with Crippen molar-refractivity contribution in [3.8, 4) is 5.75 Å². The number of anilines is 1. The molecule has 0 aromatic heterocycles. The van der Waals surface area contributed by atoms with Gasteiger partial charge in [0, 0.05) is 21.7 Å². The van der Waals surface area contributed by atoms with E-state index >= 15 is 0 Å². The minimum atomic E-state index is -0.116. The van der Waals surface area contributed by atoms with Gasteiger partial charge in [-0.15, -0.1) is 0 Å². The summed E-state index contributed by atoms with van der Waals surface area (Å²) in [6.45, 7) is 4.56. The van der Waals surface area contributed by atoms with Crippen LogP contribution in [0.15, 0.2) is 42.0 Å². The maximum atomic E-state index is 12.9. The molecular formula is C21H20BrNO3. The summed E-state index contributed by atoms with van der Waals surface area (Å²) in [6.07, 6.45) is 0.807. The molecule has 26 heavy (non-hydrogen) atoms. The van der Waals surface area contributed by atoms with Crippen molar-refractivity contribution in [2.45, 2.75) is 26.8 Å². The van der Waals surface area contributed by atoms with Gasteiger partial charge in [-0.1, -0.05) is 18.2 Å². The topological polar surface area (TPSA) is 46.6 Å². The van der Waals surface area contributed by atoms with E-state index in [1.807, 2.05) is 24.3 Å². The Morgan fingerprint density at radius 2 is 1.92 bits per heavy atom. The Bertz CT molecular complexity index is 917. The number of benzene rings is 2. The van der Waals surface area contributed by atoms with Crippen LogP contribution in [0.1, 0.15) is 28.7 Å². The summed E-state index contributed by atoms with van der Waals surface area (Å²) >= 11 is 3.50. The summed E-state index contributed by atoms with van der Waals surface area (Å²) < 4.78 is 5.99. The highest BCUT2D eigenvalue weighted by atomic mass is 79.9. The molecule has 2 aromatic rings. The largest absolute Gasteiger partial charge is 0.497 e. The molecule has 0 fully saturated rings. The number of hydrogen-bond acceptors (Lipinski definition) is 3. The quantitative estimate of drug-likeness (QED) is 0.690. The summed E-state index contributed by atoms with van der Waals surface area (Å²) in [5.74, 6) is 0.547. The van der Waals surface area contributed by atoms with Gasteiger partial charge in [0.05, 0.1) is 25.8 Å². The van der Waals surface area contributed by atoms with E-state index in [0.29, 0.717) is 22.3 Å². The number of carbonyl (C=O) groups is 2. The van der Waals surface area contributed by atoms with Gasteiger partial charge in [0.1, 0.15) is 12.0 Å². The first-order valence-electron chi connectivity index (χ1n) is 8.33. The van der Waals surface area contributed by atoms with Crippen LogP contribution in [0, 0.1) is 13.8 Å². The molecule has 3 rings (SSSR count). The fourth-order valence-corrected chi connectivity index (χ4v) is 3.61. The Morgan fingerprint density at radius 3 is 2.58 bits per heavy atom. The van der Waals surface area contributed by atoms with Gasteiger partial charge in [-0.2, -0.15) is 0 Å². The lowest BCUT2D eigenvalue weighted by Gasteiger charge is -2.24. The van der Waals surface area contributed by atoms with Crippen molar-refractivity contribution in [3.05, 3.63) is 64.2 Å². The third-order valence-corrected chi connectivity index (χ3v) is 5.65. The van der Waals surface area contributed by atoms with Gasteiger partial charge in [0.25, 0.3) is 0 Å². The second-order valence-electron chi connectivity index (χ2n) is 6.42. The maximum Gasteiger partial charge on any atom is 0.231 e. The van der Waals surface area contributed by atoms with Crippen LogP contribution < -0.4 is 9.64 Å². The number of aldehydes is 1. The zero-order valence-electron chi connectivity index (χ0n) is 15.0. The predicted octanol–water partition coefficient (Wildman–Crippen LogP) is 4.55. The molecule has 1 aliphatic heterocycles. The SMILES string of the molecule is COc1ccc2c(c1)N(Cc1ccc(C)c(C)c1)C(=O)CC(C=O)=C2Br. The lowest BCUT2D eigenvalue weighted by Crippen LogP contribution is -2.30. The normalized spacial score (nSPS) is 14.2. The molecule has 5 heteroatoms. The smallest absolute Gasteiger partial charge is 0.231 e. The third kappa shape index (κ3) is 3.44. The molecule has 0 spiro atoms. The Kier molecular flexibility index (Phi) is 5.28. The number of ether oxygens (including phenoxy) is 1. The summed E-state index contributed by atoms with van der Waals surface area (Å²) in [5.41, 5.74) is 5.43. The molecule has 0 aliphatic carbocycles. The molecule has 0 bridgehead atoms. The van der Waals surface area contributed by atoms with E-state index in [1.165, 1.54) is 11.1 Å². The number of halogens is 1. The van der Waals surface area contributed by atoms with Crippen molar-refractivity contribution < 1.29 is 14.3 Å². The fraction of sp³-hybridized carbons (Fsp3) is 0.238. The minimum absolute atomic E-state index is 0.0614. The van der Waals surface area contributed by atoms with Crippen LogP contribution >= 0.6 is 15.9 Å². The third-order valence-electron chi connectivity index (χ3n) is 4.71.